The Bertz CT molecular complexity index is 1270. The lowest BCUT2D eigenvalue weighted by Gasteiger charge is -2.25. The molecule has 2 aromatic rings. The third-order valence-electron chi connectivity index (χ3n) is 5.31. The monoisotopic (exact) mass is 581 g/mol. The summed E-state index contributed by atoms with van der Waals surface area (Å²) < 4.78 is 77.2. The minimum atomic E-state index is -4.94. The molecule has 11 nitrogen and oxygen atoms in total. The number of H-pyrrole nitrogens is 1. The van der Waals surface area contributed by atoms with Crippen LogP contribution in [0.25, 0.3) is 0 Å². The minimum absolute atomic E-state index is 0.0752. The molecule has 0 amide bonds. The summed E-state index contributed by atoms with van der Waals surface area (Å²) in [5.74, 6) is -3.16. The predicted molar refractivity (Wildman–Crippen MR) is 130 cm³/mol. The van der Waals surface area contributed by atoms with Gasteiger partial charge in [0.1, 0.15) is 23.8 Å². The molecule has 2 unspecified atom stereocenters. The molecule has 2 heterocycles. The Balaban J connectivity index is 1.85. The average Bonchev–Trinajstić information content (AvgIpc) is 3.14. The molecule has 1 aromatic carbocycles. The second-order valence-corrected chi connectivity index (χ2v) is 10.8. The van der Waals surface area contributed by atoms with Crippen molar-refractivity contribution in [3.05, 3.63) is 57.7 Å². The highest BCUT2D eigenvalue weighted by atomic mass is 32.1. The molecule has 1 saturated heterocycles. The number of aromatic nitrogens is 2. The number of aromatic amines is 1. The molecule has 38 heavy (non-hydrogen) atoms. The van der Waals surface area contributed by atoms with Gasteiger partial charge in [0.2, 0.25) is 0 Å². The van der Waals surface area contributed by atoms with E-state index in [-0.39, 0.29) is 10.5 Å². The number of aliphatic hydroxyl groups excluding tert-OH is 1. The third-order valence-corrected chi connectivity index (χ3v) is 7.26. The molecule has 1 fully saturated rings. The summed E-state index contributed by atoms with van der Waals surface area (Å²) in [5, 5.41) is 12.9. The molecule has 210 valence electrons. The van der Waals surface area contributed by atoms with Crippen molar-refractivity contribution in [1.29, 1.82) is 0 Å². The van der Waals surface area contributed by atoms with Crippen molar-refractivity contribution in [3.63, 3.8) is 0 Å². The Morgan fingerprint density at radius 3 is 2.50 bits per heavy atom. The fourth-order valence-electron chi connectivity index (χ4n) is 3.61. The summed E-state index contributed by atoms with van der Waals surface area (Å²) in [6.45, 7) is 3.73. The molecular weight excluding hydrogens is 554 g/mol. The fourth-order valence-corrected chi connectivity index (χ4v) is 5.38. The molecule has 1 aliphatic heterocycles. The maximum atomic E-state index is 13.9. The first-order valence-electron chi connectivity index (χ1n) is 11.4. The van der Waals surface area contributed by atoms with Crippen LogP contribution in [0.15, 0.2) is 47.4 Å². The summed E-state index contributed by atoms with van der Waals surface area (Å²) in [6, 6.07) is 7.46. The zero-order valence-corrected chi connectivity index (χ0v) is 22.2. The number of nitrogens with zero attached hydrogens (tertiary/aromatic N) is 1. The van der Waals surface area contributed by atoms with Crippen LogP contribution in [0.2, 0.25) is 0 Å². The number of nitrogens with one attached hydrogen (secondary N) is 2. The highest BCUT2D eigenvalue weighted by Crippen LogP contribution is 2.48. The molecule has 6 atom stereocenters. The van der Waals surface area contributed by atoms with Crippen LogP contribution in [0.1, 0.15) is 27.0 Å². The number of para-hydroxylation sites is 1. The van der Waals surface area contributed by atoms with Gasteiger partial charge in [0.15, 0.2) is 11.0 Å². The maximum absolute atomic E-state index is 13.9. The molecule has 0 aliphatic carbocycles. The second-order valence-electron chi connectivity index (χ2n) is 8.67. The number of hydrogen-bond donors (Lipinski definition) is 3. The lowest BCUT2D eigenvalue weighted by Crippen LogP contribution is -2.40. The Morgan fingerprint density at radius 1 is 1.26 bits per heavy atom. The van der Waals surface area contributed by atoms with Gasteiger partial charge in [0.25, 0.3) is 5.56 Å². The van der Waals surface area contributed by atoms with Gasteiger partial charge < -0.3 is 19.1 Å². The third kappa shape index (κ3) is 7.52. The van der Waals surface area contributed by atoms with Gasteiger partial charge in [0, 0.05) is 12.3 Å². The van der Waals surface area contributed by atoms with E-state index in [2.05, 4.69) is 10.1 Å². The van der Waals surface area contributed by atoms with Gasteiger partial charge >= 0.3 is 19.9 Å². The maximum Gasteiger partial charge on any atom is 0.459 e. The standard InChI is InChI=1S/C22H27F3N3O8PS/c1-12(2)34-20(31)13(3)27-37(32,36-14-7-5-4-6-8-14)33-11-15-18(30)17(22(23,24)25)19(35-15)28-10-9-16(29)26-21(28)38/h4-10,12-13,15,17-19,30H,11H2,1-3H3,(H,27,32)(H,26,29,38)/t13-,15+,17-,18?,19+,37?/m0/s1. The van der Waals surface area contributed by atoms with Crippen LogP contribution in [-0.4, -0.2) is 57.8 Å². The molecule has 1 aromatic heterocycles. The lowest BCUT2D eigenvalue weighted by molar-refractivity contribution is -0.211. The molecule has 0 saturated carbocycles. The van der Waals surface area contributed by atoms with E-state index in [4.69, 9.17) is 30.7 Å². The van der Waals surface area contributed by atoms with Crippen molar-refractivity contribution in [2.75, 3.05) is 6.61 Å². The fraction of sp³-hybridized carbons (Fsp3) is 0.500. The molecule has 0 bridgehead atoms. The van der Waals surface area contributed by atoms with Gasteiger partial charge in [0.05, 0.1) is 18.8 Å². The van der Waals surface area contributed by atoms with Crippen molar-refractivity contribution in [2.45, 2.75) is 57.5 Å². The van der Waals surface area contributed by atoms with E-state index in [9.17, 15) is 32.4 Å². The van der Waals surface area contributed by atoms with Crippen LogP contribution in [-0.2, 0) is 23.4 Å². The van der Waals surface area contributed by atoms with Crippen LogP contribution in [0.5, 0.6) is 5.75 Å². The van der Waals surface area contributed by atoms with Crippen LogP contribution in [0.3, 0.4) is 0 Å². The number of alkyl halides is 3. The van der Waals surface area contributed by atoms with Crippen molar-refractivity contribution in [1.82, 2.24) is 14.6 Å². The van der Waals surface area contributed by atoms with Gasteiger partial charge in [-0.1, -0.05) is 18.2 Å². The first-order valence-corrected chi connectivity index (χ1v) is 13.3. The number of carbonyl (C=O) groups excluding carboxylic acids is 1. The molecule has 0 spiro atoms. The summed E-state index contributed by atoms with van der Waals surface area (Å²) in [4.78, 5) is 25.9. The summed E-state index contributed by atoms with van der Waals surface area (Å²) in [7, 11) is -4.44. The second kappa shape index (κ2) is 12.1. The Kier molecular flexibility index (Phi) is 9.55. The van der Waals surface area contributed by atoms with E-state index in [1.807, 2.05) is 0 Å². The van der Waals surface area contributed by atoms with E-state index in [0.717, 1.165) is 16.8 Å². The SMILES string of the molecule is CC(C)OC(=O)[C@H](C)NP(=O)(OC[C@H]1O[C@@H](n2ccc(=O)[nH]c2=S)[C@@H](C(F)(F)F)C1O)Oc1ccccc1. The first-order chi connectivity index (χ1) is 17.7. The zero-order valence-electron chi connectivity index (χ0n) is 20.5. The first kappa shape index (κ1) is 30.0. The molecule has 3 rings (SSSR count). The van der Waals surface area contributed by atoms with E-state index >= 15 is 0 Å². The number of carbonyl (C=O) groups is 1. The molecule has 3 N–H and O–H groups in total. The van der Waals surface area contributed by atoms with Gasteiger partial charge in [-0.2, -0.15) is 18.3 Å². The molecular formula is C22H27F3N3O8PS. The quantitative estimate of drug-likeness (QED) is 0.217. The average molecular weight is 582 g/mol. The smallest absolute Gasteiger partial charge is 0.459 e. The van der Waals surface area contributed by atoms with Gasteiger partial charge in [-0.05, 0) is 45.1 Å². The predicted octanol–water partition coefficient (Wildman–Crippen LogP) is 3.48. The van der Waals surface area contributed by atoms with Crippen LogP contribution in [0.4, 0.5) is 13.2 Å². The van der Waals surface area contributed by atoms with E-state index in [1.54, 1.807) is 32.0 Å². The van der Waals surface area contributed by atoms with Crippen molar-refractivity contribution in [2.24, 2.45) is 5.92 Å². The van der Waals surface area contributed by atoms with E-state index in [1.165, 1.54) is 19.1 Å². The normalized spacial score (nSPS) is 24.1. The Hall–Kier alpha value is -2.55. The van der Waals surface area contributed by atoms with Crippen LogP contribution in [0, 0.1) is 10.7 Å². The summed E-state index contributed by atoms with van der Waals surface area (Å²) >= 11 is 4.96. The van der Waals surface area contributed by atoms with E-state index in [0.29, 0.717) is 0 Å². The minimum Gasteiger partial charge on any atom is -0.462 e. The summed E-state index contributed by atoms with van der Waals surface area (Å²) in [5.41, 5.74) is -0.636. The number of aliphatic hydroxyl groups is 1. The topological polar surface area (TPSA) is 141 Å². The van der Waals surface area contributed by atoms with Crippen molar-refractivity contribution < 1.29 is 46.2 Å². The Labute approximate surface area is 220 Å². The number of ether oxygens (including phenoxy) is 2. The number of esters is 1. The molecule has 16 heteroatoms. The number of benzene rings is 1. The number of rotatable bonds is 10. The highest BCUT2D eigenvalue weighted by Gasteiger charge is 2.58. The Morgan fingerprint density at radius 2 is 1.92 bits per heavy atom. The lowest BCUT2D eigenvalue weighted by atomic mass is 9.99. The van der Waals surface area contributed by atoms with Crippen LogP contribution < -0.4 is 15.2 Å². The number of hydrogen-bond acceptors (Lipinski definition) is 9. The number of halogens is 3. The van der Waals surface area contributed by atoms with Gasteiger partial charge in [-0.3, -0.25) is 23.7 Å². The molecule has 0 radical (unpaired) electrons. The largest absolute Gasteiger partial charge is 0.462 e. The summed E-state index contributed by atoms with van der Waals surface area (Å²) in [6.07, 6.45) is -10.1. The van der Waals surface area contributed by atoms with Crippen LogP contribution >= 0.6 is 20.0 Å². The van der Waals surface area contributed by atoms with Crippen molar-refractivity contribution >= 4 is 25.9 Å². The van der Waals surface area contributed by atoms with Gasteiger partial charge in [-0.25, -0.2) is 4.57 Å². The van der Waals surface area contributed by atoms with E-state index < -0.39 is 68.6 Å². The highest BCUT2D eigenvalue weighted by molar-refractivity contribution is 7.71. The van der Waals surface area contributed by atoms with Gasteiger partial charge in [-0.15, -0.1) is 0 Å². The molecule has 1 aliphatic rings. The van der Waals surface area contributed by atoms with Crippen molar-refractivity contribution in [3.8, 4) is 5.75 Å². The zero-order chi connectivity index (χ0) is 28.3.